The maximum absolute atomic E-state index is 12.0. The van der Waals surface area contributed by atoms with E-state index in [4.69, 9.17) is 4.42 Å². The number of nitrogens with zero attached hydrogens (tertiary/aromatic N) is 1. The van der Waals surface area contributed by atoms with Crippen LogP contribution in [0.3, 0.4) is 0 Å². The molecular weight excluding hydrogens is 491 g/mol. The highest BCUT2D eigenvalue weighted by Gasteiger charge is 2.10. The van der Waals surface area contributed by atoms with E-state index in [1.807, 2.05) is 56.3 Å². The minimum absolute atomic E-state index is 0. The summed E-state index contributed by atoms with van der Waals surface area (Å²) in [5.41, 5.74) is 3.66. The van der Waals surface area contributed by atoms with E-state index in [0.717, 1.165) is 34.4 Å². The topological polar surface area (TPSA) is 78.7 Å². The SMILES string of the molecule is CCNC(=O)c1cccc(CN=C(NCC)NCc2oc3ccccc3c2C)c1.I. The average molecular weight is 520 g/mol. The van der Waals surface area contributed by atoms with Crippen molar-refractivity contribution in [3.8, 4) is 0 Å². The van der Waals surface area contributed by atoms with Crippen molar-refractivity contribution in [2.45, 2.75) is 33.9 Å². The summed E-state index contributed by atoms with van der Waals surface area (Å²) in [7, 11) is 0. The Balaban J connectivity index is 0.00000320. The molecule has 6 nitrogen and oxygen atoms in total. The molecule has 160 valence electrons. The van der Waals surface area contributed by atoms with Crippen molar-refractivity contribution >= 4 is 46.8 Å². The molecule has 0 aliphatic heterocycles. The fourth-order valence-corrected chi connectivity index (χ4v) is 3.14. The number of carbonyl (C=O) groups excluding carboxylic acids is 1. The number of amides is 1. The lowest BCUT2D eigenvalue weighted by molar-refractivity contribution is 0.0955. The molecule has 0 saturated heterocycles. The molecule has 0 unspecified atom stereocenters. The number of furan rings is 1. The lowest BCUT2D eigenvalue weighted by Gasteiger charge is -2.11. The van der Waals surface area contributed by atoms with E-state index >= 15 is 0 Å². The maximum atomic E-state index is 12.0. The van der Waals surface area contributed by atoms with Crippen molar-refractivity contribution in [3.05, 3.63) is 71.0 Å². The second-order valence-corrected chi connectivity index (χ2v) is 6.75. The van der Waals surface area contributed by atoms with Crippen molar-refractivity contribution in [1.29, 1.82) is 0 Å². The maximum Gasteiger partial charge on any atom is 0.251 e. The van der Waals surface area contributed by atoms with Crippen LogP contribution in [0.1, 0.15) is 41.1 Å². The number of hydrogen-bond donors (Lipinski definition) is 3. The minimum atomic E-state index is -0.0660. The predicted octanol–water partition coefficient (Wildman–Crippen LogP) is 4.36. The molecule has 2 aromatic carbocycles. The van der Waals surface area contributed by atoms with Crippen LogP contribution in [0.2, 0.25) is 0 Å². The molecule has 7 heteroatoms. The molecule has 0 fully saturated rings. The molecule has 1 amide bonds. The number of para-hydroxylation sites is 1. The van der Waals surface area contributed by atoms with Crippen molar-refractivity contribution in [2.24, 2.45) is 4.99 Å². The second-order valence-electron chi connectivity index (χ2n) is 6.75. The van der Waals surface area contributed by atoms with E-state index < -0.39 is 0 Å². The molecule has 3 N–H and O–H groups in total. The Hall–Kier alpha value is -2.55. The molecule has 30 heavy (non-hydrogen) atoms. The van der Waals surface area contributed by atoms with Gasteiger partial charge in [0.15, 0.2) is 5.96 Å². The predicted molar refractivity (Wildman–Crippen MR) is 132 cm³/mol. The second kappa shape index (κ2) is 11.6. The van der Waals surface area contributed by atoms with E-state index in [1.54, 1.807) is 0 Å². The highest BCUT2D eigenvalue weighted by molar-refractivity contribution is 14.0. The van der Waals surface area contributed by atoms with E-state index in [9.17, 15) is 4.79 Å². The zero-order valence-corrected chi connectivity index (χ0v) is 19.9. The van der Waals surface area contributed by atoms with Crippen LogP contribution < -0.4 is 16.0 Å². The fraction of sp³-hybridized carbons (Fsp3) is 0.304. The largest absolute Gasteiger partial charge is 0.459 e. The van der Waals surface area contributed by atoms with Gasteiger partial charge in [0.1, 0.15) is 11.3 Å². The number of aryl methyl sites for hydroxylation is 1. The van der Waals surface area contributed by atoms with Gasteiger partial charge in [-0.05, 0) is 44.5 Å². The molecular formula is C23H29IN4O2. The zero-order valence-electron chi connectivity index (χ0n) is 17.6. The number of fused-ring (bicyclic) bond motifs is 1. The van der Waals surface area contributed by atoms with Gasteiger partial charge in [0.05, 0.1) is 13.1 Å². The summed E-state index contributed by atoms with van der Waals surface area (Å²) in [5, 5.41) is 10.5. The van der Waals surface area contributed by atoms with Gasteiger partial charge in [0.2, 0.25) is 0 Å². The Labute approximate surface area is 194 Å². The molecule has 0 aliphatic rings. The van der Waals surface area contributed by atoms with Gasteiger partial charge in [-0.15, -0.1) is 24.0 Å². The summed E-state index contributed by atoms with van der Waals surface area (Å²) in [5.74, 6) is 1.54. The molecule has 0 aliphatic carbocycles. The summed E-state index contributed by atoms with van der Waals surface area (Å²) < 4.78 is 5.97. The van der Waals surface area contributed by atoms with Gasteiger partial charge in [-0.25, -0.2) is 4.99 Å². The van der Waals surface area contributed by atoms with Crippen molar-refractivity contribution < 1.29 is 9.21 Å². The summed E-state index contributed by atoms with van der Waals surface area (Å²) >= 11 is 0. The standard InChI is InChI=1S/C23H28N4O2.HI/c1-4-24-22(28)18-10-8-9-17(13-18)14-26-23(25-5-2)27-15-21-16(3)19-11-6-7-12-20(19)29-21;/h6-13H,4-5,14-15H2,1-3H3,(H,24,28)(H2,25,26,27);1H. The van der Waals surface area contributed by atoms with Crippen LogP contribution in [0.4, 0.5) is 0 Å². The number of guanidine groups is 1. The number of benzene rings is 2. The third kappa shape index (κ3) is 5.98. The highest BCUT2D eigenvalue weighted by atomic mass is 127. The Morgan fingerprint density at radius 1 is 1.00 bits per heavy atom. The zero-order chi connectivity index (χ0) is 20.6. The van der Waals surface area contributed by atoms with Crippen molar-refractivity contribution in [3.63, 3.8) is 0 Å². The lowest BCUT2D eigenvalue weighted by Crippen LogP contribution is -2.36. The van der Waals surface area contributed by atoms with Crippen LogP contribution in [0.25, 0.3) is 11.0 Å². The Morgan fingerprint density at radius 3 is 2.50 bits per heavy atom. The number of halogens is 1. The molecule has 0 radical (unpaired) electrons. The minimum Gasteiger partial charge on any atom is -0.459 e. The van der Waals surface area contributed by atoms with Gasteiger partial charge in [-0.2, -0.15) is 0 Å². The molecule has 0 bridgehead atoms. The summed E-state index contributed by atoms with van der Waals surface area (Å²) in [6, 6.07) is 15.6. The first-order chi connectivity index (χ1) is 14.1. The van der Waals surface area contributed by atoms with E-state index in [2.05, 4.69) is 33.9 Å². The number of aliphatic imine (C=N–C) groups is 1. The quantitative estimate of drug-likeness (QED) is 0.246. The van der Waals surface area contributed by atoms with Gasteiger partial charge >= 0.3 is 0 Å². The summed E-state index contributed by atoms with van der Waals surface area (Å²) in [6.07, 6.45) is 0. The Bertz CT molecular complexity index is 1010. The molecule has 0 atom stereocenters. The highest BCUT2D eigenvalue weighted by Crippen LogP contribution is 2.24. The smallest absolute Gasteiger partial charge is 0.251 e. The third-order valence-corrected chi connectivity index (χ3v) is 4.65. The first kappa shape index (κ1) is 23.7. The molecule has 0 saturated carbocycles. The molecule has 1 heterocycles. The van der Waals surface area contributed by atoms with Crippen LogP contribution in [-0.4, -0.2) is 25.0 Å². The van der Waals surface area contributed by atoms with Gasteiger partial charge in [0, 0.05) is 29.6 Å². The molecule has 3 aromatic rings. The van der Waals surface area contributed by atoms with Crippen molar-refractivity contribution in [2.75, 3.05) is 13.1 Å². The van der Waals surface area contributed by atoms with Gasteiger partial charge in [-0.3, -0.25) is 4.79 Å². The first-order valence-corrected chi connectivity index (χ1v) is 9.98. The number of hydrogen-bond acceptors (Lipinski definition) is 3. The molecule has 3 rings (SSSR count). The van der Waals surface area contributed by atoms with E-state index in [-0.39, 0.29) is 29.9 Å². The number of carbonyl (C=O) groups is 1. The number of nitrogens with one attached hydrogen (secondary N) is 3. The van der Waals surface area contributed by atoms with Crippen LogP contribution >= 0.6 is 24.0 Å². The van der Waals surface area contributed by atoms with E-state index in [0.29, 0.717) is 31.2 Å². The van der Waals surface area contributed by atoms with Gasteiger partial charge in [-0.1, -0.05) is 30.3 Å². The summed E-state index contributed by atoms with van der Waals surface area (Å²) in [4.78, 5) is 16.7. The number of rotatable bonds is 7. The van der Waals surface area contributed by atoms with Gasteiger partial charge < -0.3 is 20.4 Å². The van der Waals surface area contributed by atoms with Crippen molar-refractivity contribution in [1.82, 2.24) is 16.0 Å². The molecule has 0 spiro atoms. The third-order valence-electron chi connectivity index (χ3n) is 4.65. The van der Waals surface area contributed by atoms with E-state index in [1.165, 1.54) is 0 Å². The van der Waals surface area contributed by atoms with Crippen LogP contribution in [0, 0.1) is 6.92 Å². The summed E-state index contributed by atoms with van der Waals surface area (Å²) in [6.45, 7) is 8.39. The normalized spacial score (nSPS) is 11.1. The molecule has 1 aromatic heterocycles. The first-order valence-electron chi connectivity index (χ1n) is 9.98. The monoisotopic (exact) mass is 520 g/mol. The fourth-order valence-electron chi connectivity index (χ4n) is 3.14. The van der Waals surface area contributed by atoms with Crippen LogP contribution in [0.5, 0.6) is 0 Å². The average Bonchev–Trinajstić information content (AvgIpc) is 3.06. The Kier molecular flexibility index (Phi) is 9.16. The van der Waals surface area contributed by atoms with Crippen LogP contribution in [0.15, 0.2) is 57.9 Å². The van der Waals surface area contributed by atoms with Crippen LogP contribution in [-0.2, 0) is 13.1 Å². The lowest BCUT2D eigenvalue weighted by atomic mass is 10.1. The van der Waals surface area contributed by atoms with Gasteiger partial charge in [0.25, 0.3) is 5.91 Å². The Morgan fingerprint density at radius 2 is 1.77 bits per heavy atom.